The van der Waals surface area contributed by atoms with Gasteiger partial charge in [0.1, 0.15) is 0 Å². The Morgan fingerprint density at radius 2 is 1.79 bits per heavy atom. The summed E-state index contributed by atoms with van der Waals surface area (Å²) in [6.07, 6.45) is 0.692. The lowest BCUT2D eigenvalue weighted by molar-refractivity contribution is 0.163. The average molecular weight is 264 g/mol. The maximum absolute atomic E-state index is 10.2. The van der Waals surface area contributed by atoms with Gasteiger partial charge in [-0.05, 0) is 32.0 Å². The van der Waals surface area contributed by atoms with E-state index >= 15 is 0 Å². The first-order valence-corrected chi connectivity index (χ1v) is 7.10. The molecule has 3 heteroatoms. The van der Waals surface area contributed by atoms with Crippen molar-refractivity contribution in [3.8, 4) is 0 Å². The molecule has 3 nitrogen and oxygen atoms in total. The lowest BCUT2D eigenvalue weighted by Crippen LogP contribution is -2.41. The highest BCUT2D eigenvalue weighted by Gasteiger charge is 2.14. The molecule has 1 aromatic carbocycles. The topological polar surface area (TPSA) is 35.5 Å². The number of likely N-dealkylation sites (N-methyl/N-ethyl adjacent to an activating group) is 1. The predicted octanol–water partition coefficient (Wildman–Crippen LogP) is 2.29. The van der Waals surface area contributed by atoms with Crippen LogP contribution in [0.3, 0.4) is 0 Å². The second-order valence-corrected chi connectivity index (χ2v) is 5.92. The normalized spacial score (nSPS) is 14.9. The van der Waals surface area contributed by atoms with Crippen LogP contribution in [-0.4, -0.2) is 43.2 Å². The summed E-state index contributed by atoms with van der Waals surface area (Å²) in [4.78, 5) is 2.19. The molecule has 0 radical (unpaired) electrons. The molecule has 19 heavy (non-hydrogen) atoms. The molecule has 0 aliphatic rings. The monoisotopic (exact) mass is 264 g/mol. The van der Waals surface area contributed by atoms with Crippen molar-refractivity contribution < 1.29 is 5.11 Å². The van der Waals surface area contributed by atoms with E-state index < -0.39 is 6.10 Å². The van der Waals surface area contributed by atoms with E-state index in [1.165, 1.54) is 0 Å². The number of aliphatic hydroxyl groups excluding tert-OH is 1. The summed E-state index contributed by atoms with van der Waals surface area (Å²) < 4.78 is 0. The zero-order valence-electron chi connectivity index (χ0n) is 12.6. The van der Waals surface area contributed by atoms with Crippen molar-refractivity contribution in [1.82, 2.24) is 10.2 Å². The lowest BCUT2D eigenvalue weighted by Gasteiger charge is -2.25. The molecule has 0 saturated heterocycles. The molecule has 2 N–H and O–H groups in total. The predicted molar refractivity (Wildman–Crippen MR) is 81.2 cm³/mol. The second-order valence-electron chi connectivity index (χ2n) is 5.92. The molecule has 0 aliphatic carbocycles. The van der Waals surface area contributed by atoms with Gasteiger partial charge in [-0.3, -0.25) is 0 Å². The largest absolute Gasteiger partial charge is 0.387 e. The van der Waals surface area contributed by atoms with Gasteiger partial charge in [0.05, 0.1) is 6.10 Å². The van der Waals surface area contributed by atoms with Gasteiger partial charge in [0.2, 0.25) is 0 Å². The molecule has 0 spiro atoms. The van der Waals surface area contributed by atoms with Crippen molar-refractivity contribution in [2.75, 3.05) is 27.2 Å². The Morgan fingerprint density at radius 1 is 1.16 bits per heavy atom. The quantitative estimate of drug-likeness (QED) is 0.756. The van der Waals surface area contributed by atoms with E-state index in [-0.39, 0.29) is 0 Å². The van der Waals surface area contributed by atoms with Crippen LogP contribution in [0.4, 0.5) is 0 Å². The van der Waals surface area contributed by atoms with Gasteiger partial charge in [-0.2, -0.15) is 0 Å². The fourth-order valence-electron chi connectivity index (χ4n) is 2.30. The van der Waals surface area contributed by atoms with E-state index in [4.69, 9.17) is 0 Å². The molecular formula is C16H28N2O. The van der Waals surface area contributed by atoms with Crippen LogP contribution < -0.4 is 5.32 Å². The molecule has 0 aromatic heterocycles. The van der Waals surface area contributed by atoms with E-state index in [0.29, 0.717) is 18.5 Å². The second kappa shape index (κ2) is 8.31. The molecule has 0 fully saturated rings. The van der Waals surface area contributed by atoms with Crippen LogP contribution in [0.25, 0.3) is 0 Å². The first-order valence-electron chi connectivity index (χ1n) is 7.10. The fraction of sp³-hybridized carbons (Fsp3) is 0.625. The summed E-state index contributed by atoms with van der Waals surface area (Å²) in [5.74, 6) is 0.659. The zero-order chi connectivity index (χ0) is 14.3. The average Bonchev–Trinajstić information content (AvgIpc) is 2.35. The number of hydrogen-bond donors (Lipinski definition) is 2. The number of aliphatic hydroxyl groups is 1. The summed E-state index contributed by atoms with van der Waals surface area (Å²) >= 11 is 0. The van der Waals surface area contributed by atoms with Crippen LogP contribution >= 0.6 is 0 Å². The van der Waals surface area contributed by atoms with Gasteiger partial charge in [0, 0.05) is 19.1 Å². The minimum Gasteiger partial charge on any atom is -0.387 e. The Balaban J connectivity index is 2.46. The summed E-state index contributed by atoms with van der Waals surface area (Å²) in [6, 6.07) is 10.3. The molecular weight excluding hydrogens is 236 g/mol. The lowest BCUT2D eigenvalue weighted by atomic mass is 10.0. The molecule has 1 aromatic rings. The van der Waals surface area contributed by atoms with Crippen molar-refractivity contribution >= 4 is 0 Å². The van der Waals surface area contributed by atoms with Gasteiger partial charge in [-0.1, -0.05) is 44.2 Å². The highest BCUT2D eigenvalue weighted by atomic mass is 16.3. The van der Waals surface area contributed by atoms with Gasteiger partial charge in [0.15, 0.2) is 0 Å². The Hall–Kier alpha value is -0.900. The minimum absolute atomic E-state index is 0.424. The number of nitrogens with zero attached hydrogens (tertiary/aromatic N) is 1. The number of hydrogen-bond acceptors (Lipinski definition) is 3. The van der Waals surface area contributed by atoms with Crippen LogP contribution in [0.1, 0.15) is 31.9 Å². The van der Waals surface area contributed by atoms with Crippen LogP contribution in [0, 0.1) is 5.92 Å². The Labute approximate surface area is 117 Å². The maximum atomic E-state index is 10.2. The summed E-state index contributed by atoms with van der Waals surface area (Å²) in [7, 11) is 4.17. The first-order chi connectivity index (χ1) is 8.99. The van der Waals surface area contributed by atoms with Gasteiger partial charge < -0.3 is 15.3 Å². The van der Waals surface area contributed by atoms with E-state index in [1.807, 2.05) is 30.3 Å². The van der Waals surface area contributed by atoms with Gasteiger partial charge in [-0.25, -0.2) is 0 Å². The third-order valence-corrected chi connectivity index (χ3v) is 3.13. The molecule has 1 rings (SSSR count). The molecule has 108 valence electrons. The summed E-state index contributed by atoms with van der Waals surface area (Å²) in [6.45, 7) is 6.07. The third-order valence-electron chi connectivity index (χ3n) is 3.13. The van der Waals surface area contributed by atoms with Crippen LogP contribution in [0.2, 0.25) is 0 Å². The minimum atomic E-state index is -0.432. The molecule has 0 heterocycles. The van der Waals surface area contributed by atoms with Crippen molar-refractivity contribution in [1.29, 1.82) is 0 Å². The Bertz CT molecular complexity index is 328. The number of nitrogens with one attached hydrogen (secondary N) is 1. The summed E-state index contributed by atoms with van der Waals surface area (Å²) in [5, 5.41) is 13.7. The molecule has 0 bridgehead atoms. The smallest absolute Gasteiger partial charge is 0.0914 e. The zero-order valence-corrected chi connectivity index (χ0v) is 12.6. The summed E-state index contributed by atoms with van der Waals surface area (Å²) in [5.41, 5.74) is 0.975. The van der Waals surface area contributed by atoms with E-state index in [2.05, 4.69) is 38.2 Å². The van der Waals surface area contributed by atoms with Gasteiger partial charge >= 0.3 is 0 Å². The van der Waals surface area contributed by atoms with Crippen LogP contribution in [-0.2, 0) is 0 Å². The Morgan fingerprint density at radius 3 is 2.32 bits per heavy atom. The van der Waals surface area contributed by atoms with Crippen molar-refractivity contribution in [3.63, 3.8) is 0 Å². The highest BCUT2D eigenvalue weighted by molar-refractivity contribution is 5.17. The van der Waals surface area contributed by atoms with Crippen molar-refractivity contribution in [3.05, 3.63) is 35.9 Å². The molecule has 0 amide bonds. The van der Waals surface area contributed by atoms with Crippen LogP contribution in [0.15, 0.2) is 30.3 Å². The van der Waals surface area contributed by atoms with Gasteiger partial charge in [0.25, 0.3) is 0 Å². The highest BCUT2D eigenvalue weighted by Crippen LogP contribution is 2.12. The van der Waals surface area contributed by atoms with Crippen molar-refractivity contribution in [2.45, 2.75) is 32.4 Å². The Kier molecular flexibility index (Phi) is 7.06. The van der Waals surface area contributed by atoms with E-state index in [0.717, 1.165) is 18.5 Å². The molecule has 2 unspecified atom stereocenters. The first kappa shape index (κ1) is 16.2. The van der Waals surface area contributed by atoms with Gasteiger partial charge in [-0.15, -0.1) is 0 Å². The number of rotatable bonds is 8. The standard InChI is InChI=1S/C16H28N2O/c1-13(2)10-15(12-18(3)4)17-11-16(19)14-8-6-5-7-9-14/h5-9,13,15-17,19H,10-12H2,1-4H3. The van der Waals surface area contributed by atoms with E-state index in [1.54, 1.807) is 0 Å². The fourth-order valence-corrected chi connectivity index (χ4v) is 2.30. The SMILES string of the molecule is CC(C)CC(CN(C)C)NCC(O)c1ccccc1. The number of benzene rings is 1. The van der Waals surface area contributed by atoms with Crippen molar-refractivity contribution in [2.24, 2.45) is 5.92 Å². The molecule has 2 atom stereocenters. The third kappa shape index (κ3) is 6.71. The molecule has 0 saturated carbocycles. The van der Waals surface area contributed by atoms with Crippen LogP contribution in [0.5, 0.6) is 0 Å². The maximum Gasteiger partial charge on any atom is 0.0914 e. The molecule has 0 aliphatic heterocycles. The van der Waals surface area contributed by atoms with E-state index in [9.17, 15) is 5.11 Å².